The third-order valence-corrected chi connectivity index (χ3v) is 4.32. The van der Waals surface area contributed by atoms with E-state index in [-0.39, 0.29) is 24.7 Å². The average molecular weight is 373 g/mol. The Morgan fingerprint density at radius 2 is 2.00 bits per heavy atom. The normalized spacial score (nSPS) is 11.6. The smallest absolute Gasteiger partial charge is 0.405 e. The van der Waals surface area contributed by atoms with E-state index < -0.39 is 6.36 Å². The van der Waals surface area contributed by atoms with Crippen molar-refractivity contribution in [2.75, 3.05) is 18.9 Å². The van der Waals surface area contributed by atoms with Gasteiger partial charge < -0.3 is 10.1 Å². The van der Waals surface area contributed by atoms with Crippen molar-refractivity contribution >= 4 is 22.4 Å². The molecule has 2 rings (SSSR count). The van der Waals surface area contributed by atoms with Gasteiger partial charge in [0, 0.05) is 17.0 Å². The van der Waals surface area contributed by atoms with Crippen molar-refractivity contribution in [2.45, 2.75) is 26.8 Å². The van der Waals surface area contributed by atoms with Gasteiger partial charge >= 0.3 is 6.36 Å². The lowest BCUT2D eigenvalue weighted by Crippen LogP contribution is -2.30. The Balaban J connectivity index is 1.95. The summed E-state index contributed by atoms with van der Waals surface area (Å²) in [5, 5.41) is 3.20. The van der Waals surface area contributed by atoms with Crippen LogP contribution in [0, 0.1) is 13.8 Å². The van der Waals surface area contributed by atoms with Crippen molar-refractivity contribution in [1.82, 2.24) is 9.88 Å². The molecule has 2 aromatic rings. The lowest BCUT2D eigenvalue weighted by molar-refractivity contribution is -0.275. The molecule has 0 saturated carbocycles. The van der Waals surface area contributed by atoms with Gasteiger partial charge in [-0.3, -0.25) is 9.69 Å². The summed E-state index contributed by atoms with van der Waals surface area (Å²) in [5.74, 6) is -0.557. The van der Waals surface area contributed by atoms with Crippen LogP contribution in [-0.4, -0.2) is 35.7 Å². The van der Waals surface area contributed by atoms with Crippen LogP contribution in [0.25, 0.3) is 0 Å². The second-order valence-electron chi connectivity index (χ2n) is 5.54. The van der Waals surface area contributed by atoms with Gasteiger partial charge in [-0.05, 0) is 27.0 Å². The molecule has 136 valence electrons. The molecule has 1 amide bonds. The molecular weight excluding hydrogens is 355 g/mol. The van der Waals surface area contributed by atoms with E-state index >= 15 is 0 Å². The summed E-state index contributed by atoms with van der Waals surface area (Å²) in [6.07, 6.45) is -4.76. The Morgan fingerprint density at radius 1 is 1.32 bits per heavy atom. The maximum Gasteiger partial charge on any atom is 0.573 e. The highest BCUT2D eigenvalue weighted by molar-refractivity contribution is 7.15. The van der Waals surface area contributed by atoms with Crippen molar-refractivity contribution in [3.63, 3.8) is 0 Å². The van der Waals surface area contributed by atoms with Gasteiger partial charge in [-0.1, -0.05) is 18.2 Å². The first kappa shape index (κ1) is 19.2. The van der Waals surface area contributed by atoms with Crippen LogP contribution in [0.5, 0.6) is 5.75 Å². The number of thiazole rings is 1. The van der Waals surface area contributed by atoms with E-state index in [1.807, 2.05) is 13.8 Å². The van der Waals surface area contributed by atoms with E-state index in [2.05, 4.69) is 15.0 Å². The molecule has 0 aliphatic rings. The fourth-order valence-electron chi connectivity index (χ4n) is 2.14. The lowest BCUT2D eigenvalue weighted by atomic mass is 10.2. The third-order valence-electron chi connectivity index (χ3n) is 3.33. The number of nitrogens with zero attached hydrogens (tertiary/aromatic N) is 2. The summed E-state index contributed by atoms with van der Waals surface area (Å²) >= 11 is 1.38. The van der Waals surface area contributed by atoms with Gasteiger partial charge in [0.05, 0.1) is 12.2 Å². The first-order valence-corrected chi connectivity index (χ1v) is 8.22. The third kappa shape index (κ3) is 6.02. The van der Waals surface area contributed by atoms with E-state index in [0.29, 0.717) is 10.7 Å². The highest BCUT2D eigenvalue weighted by Gasteiger charge is 2.32. The summed E-state index contributed by atoms with van der Waals surface area (Å²) < 4.78 is 41.3. The fourth-order valence-corrected chi connectivity index (χ4v) is 2.97. The fraction of sp³-hybridized carbons (Fsp3) is 0.375. The van der Waals surface area contributed by atoms with Gasteiger partial charge in [-0.2, -0.15) is 0 Å². The van der Waals surface area contributed by atoms with E-state index in [1.54, 1.807) is 18.0 Å². The maximum atomic E-state index is 12.4. The van der Waals surface area contributed by atoms with E-state index in [1.165, 1.54) is 29.5 Å². The number of benzene rings is 1. The number of amides is 1. The molecule has 0 fully saturated rings. The molecule has 0 radical (unpaired) electrons. The average Bonchev–Trinajstić information content (AvgIpc) is 2.77. The predicted octanol–water partition coefficient (Wildman–Crippen LogP) is 3.73. The van der Waals surface area contributed by atoms with Gasteiger partial charge in [-0.15, -0.1) is 24.5 Å². The van der Waals surface area contributed by atoms with Crippen LogP contribution < -0.4 is 10.1 Å². The van der Waals surface area contributed by atoms with Gasteiger partial charge in [-0.25, -0.2) is 4.98 Å². The Labute approximate surface area is 147 Å². The molecule has 0 bridgehead atoms. The zero-order valence-corrected chi connectivity index (χ0v) is 14.8. The molecule has 1 aromatic carbocycles. The number of para-hydroxylation sites is 1. The molecule has 9 heteroatoms. The first-order chi connectivity index (χ1) is 11.6. The van der Waals surface area contributed by atoms with Crippen molar-refractivity contribution in [3.05, 3.63) is 40.4 Å². The number of carbonyl (C=O) groups excluding carboxylic acids is 1. The first-order valence-electron chi connectivity index (χ1n) is 7.40. The minimum Gasteiger partial charge on any atom is -0.405 e. The van der Waals surface area contributed by atoms with Gasteiger partial charge in [0.2, 0.25) is 5.91 Å². The van der Waals surface area contributed by atoms with Crippen molar-refractivity contribution in [3.8, 4) is 5.75 Å². The van der Waals surface area contributed by atoms with Crippen LogP contribution in [0.2, 0.25) is 0 Å². The van der Waals surface area contributed by atoms with Crippen LogP contribution in [0.1, 0.15) is 16.1 Å². The Kier molecular flexibility index (Phi) is 6.02. The number of rotatable bonds is 6. The summed E-state index contributed by atoms with van der Waals surface area (Å²) in [4.78, 5) is 18.9. The Bertz CT molecular complexity index is 727. The minimum atomic E-state index is -4.76. The van der Waals surface area contributed by atoms with E-state index in [4.69, 9.17) is 0 Å². The zero-order chi connectivity index (χ0) is 18.6. The predicted molar refractivity (Wildman–Crippen MR) is 89.7 cm³/mol. The molecular formula is C16H18F3N3O2S. The second kappa shape index (κ2) is 7.83. The molecule has 1 N–H and O–H groups in total. The number of carbonyl (C=O) groups is 1. The highest BCUT2D eigenvalue weighted by Crippen LogP contribution is 2.27. The molecule has 0 atom stereocenters. The summed E-state index contributed by atoms with van der Waals surface area (Å²) in [7, 11) is 1.64. The molecule has 0 saturated heterocycles. The van der Waals surface area contributed by atoms with Crippen LogP contribution in [0.3, 0.4) is 0 Å². The number of likely N-dealkylation sites (N-methyl/N-ethyl adjacent to an activating group) is 1. The summed E-state index contributed by atoms with van der Waals surface area (Å²) in [5.41, 5.74) is 1.20. The lowest BCUT2D eigenvalue weighted by Gasteiger charge is -2.19. The second-order valence-corrected chi connectivity index (χ2v) is 6.74. The van der Waals surface area contributed by atoms with E-state index in [9.17, 15) is 18.0 Å². The number of anilines is 1. The SMILES string of the molecule is Cc1nc(NC(=O)CN(C)Cc2ccccc2OC(F)(F)F)sc1C. The van der Waals surface area contributed by atoms with Crippen molar-refractivity contribution in [1.29, 1.82) is 0 Å². The van der Waals surface area contributed by atoms with Crippen LogP contribution >= 0.6 is 11.3 Å². The molecule has 0 spiro atoms. The molecule has 5 nitrogen and oxygen atoms in total. The zero-order valence-electron chi connectivity index (χ0n) is 14.0. The summed E-state index contributed by atoms with van der Waals surface area (Å²) in [6, 6.07) is 5.86. The van der Waals surface area contributed by atoms with Crippen LogP contribution in [0.4, 0.5) is 18.3 Å². The van der Waals surface area contributed by atoms with Crippen LogP contribution in [-0.2, 0) is 11.3 Å². The molecule has 25 heavy (non-hydrogen) atoms. The Morgan fingerprint density at radius 3 is 2.60 bits per heavy atom. The standard InChI is InChI=1S/C16H18F3N3O2S/c1-10-11(2)25-15(20-10)21-14(23)9-22(3)8-12-6-4-5-7-13(12)24-16(17,18)19/h4-7H,8-9H2,1-3H3,(H,20,21,23). The number of halogens is 3. The molecule has 0 aliphatic heterocycles. The monoisotopic (exact) mass is 373 g/mol. The number of nitrogens with one attached hydrogen (secondary N) is 1. The number of aromatic nitrogens is 1. The number of aryl methyl sites for hydroxylation is 2. The largest absolute Gasteiger partial charge is 0.573 e. The van der Waals surface area contributed by atoms with Crippen molar-refractivity contribution < 1.29 is 22.7 Å². The highest BCUT2D eigenvalue weighted by atomic mass is 32.1. The van der Waals surface area contributed by atoms with Crippen LogP contribution in [0.15, 0.2) is 24.3 Å². The Hall–Kier alpha value is -2.13. The van der Waals surface area contributed by atoms with Gasteiger partial charge in [0.15, 0.2) is 5.13 Å². The molecule has 0 unspecified atom stereocenters. The molecule has 0 aliphatic carbocycles. The molecule has 1 aromatic heterocycles. The van der Waals surface area contributed by atoms with Gasteiger partial charge in [0.25, 0.3) is 0 Å². The topological polar surface area (TPSA) is 54.5 Å². The number of hydrogen-bond donors (Lipinski definition) is 1. The minimum absolute atomic E-state index is 0.0119. The van der Waals surface area contributed by atoms with Crippen molar-refractivity contribution in [2.24, 2.45) is 0 Å². The van der Waals surface area contributed by atoms with Gasteiger partial charge in [0.1, 0.15) is 5.75 Å². The number of ether oxygens (including phenoxy) is 1. The summed E-state index contributed by atoms with van der Waals surface area (Å²) in [6.45, 7) is 3.91. The number of hydrogen-bond acceptors (Lipinski definition) is 5. The number of alkyl halides is 3. The quantitative estimate of drug-likeness (QED) is 0.838. The maximum absolute atomic E-state index is 12.4. The molecule has 1 heterocycles. The van der Waals surface area contributed by atoms with E-state index in [0.717, 1.165) is 10.6 Å².